The fourth-order valence-corrected chi connectivity index (χ4v) is 6.34. The van der Waals surface area contributed by atoms with E-state index in [-0.39, 0.29) is 42.8 Å². The summed E-state index contributed by atoms with van der Waals surface area (Å²) in [7, 11) is 0. The second-order valence-corrected chi connectivity index (χ2v) is 11.6. The monoisotopic (exact) mass is 591 g/mol. The number of urea groups is 1. The molecule has 1 aromatic carbocycles. The number of fused-ring (bicyclic) bond motifs is 1. The van der Waals surface area contributed by atoms with Crippen LogP contribution in [0, 0.1) is 5.92 Å². The number of amides is 3. The number of rotatable bonds is 12. The van der Waals surface area contributed by atoms with Gasteiger partial charge in [-0.1, -0.05) is 37.6 Å². The Hall–Kier alpha value is -3.99. The summed E-state index contributed by atoms with van der Waals surface area (Å²) in [4.78, 5) is 51.9. The minimum Gasteiger partial charge on any atom is -0.480 e. The summed E-state index contributed by atoms with van der Waals surface area (Å²) >= 11 is 0. The first-order valence-electron chi connectivity index (χ1n) is 15.2. The first-order valence-corrected chi connectivity index (χ1v) is 15.2. The summed E-state index contributed by atoms with van der Waals surface area (Å²) in [5.41, 5.74) is 1.77. The number of para-hydroxylation sites is 2. The predicted octanol–water partition coefficient (Wildman–Crippen LogP) is 4.03. The highest BCUT2D eigenvalue weighted by atomic mass is 16.5. The van der Waals surface area contributed by atoms with Crippen LogP contribution in [0.2, 0.25) is 0 Å². The Kier molecular flexibility index (Phi) is 9.91. The first kappa shape index (κ1) is 30.5. The summed E-state index contributed by atoms with van der Waals surface area (Å²) in [6, 6.07) is 5.16. The van der Waals surface area contributed by atoms with Crippen LogP contribution >= 0.6 is 0 Å². The van der Waals surface area contributed by atoms with Crippen molar-refractivity contribution in [2.45, 2.75) is 75.7 Å². The number of carboxylic acid groups (broad SMARTS) is 1. The van der Waals surface area contributed by atoms with Crippen molar-refractivity contribution >= 4 is 35.0 Å². The van der Waals surface area contributed by atoms with Gasteiger partial charge in [0, 0.05) is 26.1 Å². The van der Waals surface area contributed by atoms with E-state index in [1.165, 1.54) is 4.90 Å². The molecule has 2 aromatic rings. The first-order chi connectivity index (χ1) is 20.9. The van der Waals surface area contributed by atoms with Gasteiger partial charge in [-0.3, -0.25) is 4.79 Å². The number of ether oxygens (including phenoxy) is 2. The SMILES string of the molecule is C=CCCCO[C@H]1CCN(C(=O)N[C@H](C(=O)N2C[C@H](Oc3nc4ccccc4nc3C=C)C[C@@H]2C(=O)O)C2CCCC2)C1. The van der Waals surface area contributed by atoms with Gasteiger partial charge in [-0.2, -0.15) is 0 Å². The number of aromatic nitrogens is 2. The number of hydrogen-bond donors (Lipinski definition) is 2. The van der Waals surface area contributed by atoms with E-state index in [2.05, 4.69) is 28.4 Å². The Morgan fingerprint density at radius 1 is 1.07 bits per heavy atom. The molecule has 3 heterocycles. The van der Waals surface area contributed by atoms with Gasteiger partial charge in [0.2, 0.25) is 11.8 Å². The third kappa shape index (κ3) is 7.15. The zero-order valence-corrected chi connectivity index (χ0v) is 24.5. The van der Waals surface area contributed by atoms with Gasteiger partial charge in [-0.25, -0.2) is 19.6 Å². The van der Waals surface area contributed by atoms with Gasteiger partial charge in [-0.05, 0) is 56.2 Å². The smallest absolute Gasteiger partial charge is 0.326 e. The number of carbonyl (C=O) groups excluding carboxylic acids is 2. The average molecular weight is 592 g/mol. The van der Waals surface area contributed by atoms with E-state index in [1.54, 1.807) is 11.0 Å². The molecule has 0 radical (unpaired) electrons. The van der Waals surface area contributed by atoms with Gasteiger partial charge >= 0.3 is 12.0 Å². The molecule has 4 atom stereocenters. The van der Waals surface area contributed by atoms with Crippen LogP contribution in [-0.2, 0) is 14.3 Å². The average Bonchev–Trinajstić information content (AvgIpc) is 3.79. The van der Waals surface area contributed by atoms with E-state index in [0.717, 1.165) is 44.9 Å². The summed E-state index contributed by atoms with van der Waals surface area (Å²) in [6.07, 6.45) is 8.87. The molecule has 2 N–H and O–H groups in total. The number of nitrogens with zero attached hydrogens (tertiary/aromatic N) is 4. The lowest BCUT2D eigenvalue weighted by molar-refractivity contribution is -0.149. The molecule has 3 amide bonds. The lowest BCUT2D eigenvalue weighted by Gasteiger charge is -2.31. The van der Waals surface area contributed by atoms with Crippen molar-refractivity contribution in [2.75, 3.05) is 26.2 Å². The number of unbranched alkanes of at least 4 members (excludes halogenated alkanes) is 1. The van der Waals surface area contributed by atoms with Crippen molar-refractivity contribution in [1.82, 2.24) is 25.1 Å². The molecule has 11 nitrogen and oxygen atoms in total. The number of hydrogen-bond acceptors (Lipinski definition) is 7. The Morgan fingerprint density at radius 3 is 2.51 bits per heavy atom. The van der Waals surface area contributed by atoms with E-state index in [0.29, 0.717) is 36.4 Å². The van der Waals surface area contributed by atoms with Crippen molar-refractivity contribution in [3.8, 4) is 5.88 Å². The Balaban J connectivity index is 1.28. The number of nitrogens with one attached hydrogen (secondary N) is 1. The Bertz CT molecular complexity index is 1340. The van der Waals surface area contributed by atoms with E-state index < -0.39 is 24.2 Å². The maximum Gasteiger partial charge on any atom is 0.326 e. The number of aliphatic carboxylic acids is 1. The van der Waals surface area contributed by atoms with Crippen LogP contribution in [0.15, 0.2) is 43.5 Å². The molecule has 2 saturated heterocycles. The van der Waals surface area contributed by atoms with Crippen molar-refractivity contribution in [3.05, 3.63) is 49.2 Å². The predicted molar refractivity (Wildman–Crippen MR) is 161 cm³/mol. The van der Waals surface area contributed by atoms with Crippen LogP contribution in [0.1, 0.15) is 57.1 Å². The molecule has 5 rings (SSSR count). The van der Waals surface area contributed by atoms with Crippen molar-refractivity contribution in [1.29, 1.82) is 0 Å². The van der Waals surface area contributed by atoms with Crippen molar-refractivity contribution in [2.24, 2.45) is 5.92 Å². The van der Waals surface area contributed by atoms with Crippen LogP contribution in [0.25, 0.3) is 17.1 Å². The molecule has 11 heteroatoms. The minimum atomic E-state index is -1.11. The molecular weight excluding hydrogens is 550 g/mol. The number of benzene rings is 1. The highest BCUT2D eigenvalue weighted by Crippen LogP contribution is 2.32. The van der Waals surface area contributed by atoms with E-state index >= 15 is 0 Å². The summed E-state index contributed by atoms with van der Waals surface area (Å²) < 4.78 is 12.1. The molecular formula is C32H41N5O6. The standard InChI is InChI=1S/C32H41N5O6/c1-3-5-10-17-42-22-15-16-36(19-22)32(41)35-28(21-11-6-7-12-21)30(38)37-20-23(18-27(37)31(39)40)43-29-24(4-2)33-25-13-8-9-14-26(25)34-29/h3-4,8-9,13-14,21-23,27-28H,1-2,5-7,10-12,15-20H2,(H,35,41)(H,39,40)/t22-,23+,27+,28-/m0/s1. The topological polar surface area (TPSA) is 134 Å². The molecule has 0 spiro atoms. The van der Waals surface area contributed by atoms with Gasteiger partial charge in [0.05, 0.1) is 23.7 Å². The molecule has 2 aliphatic heterocycles. The van der Waals surface area contributed by atoms with Gasteiger partial charge < -0.3 is 29.7 Å². The van der Waals surface area contributed by atoms with Crippen molar-refractivity contribution in [3.63, 3.8) is 0 Å². The summed E-state index contributed by atoms with van der Waals surface area (Å²) in [5.74, 6) is -1.31. The minimum absolute atomic E-state index is 0.0391. The fourth-order valence-electron chi connectivity index (χ4n) is 6.34. The molecule has 1 saturated carbocycles. The summed E-state index contributed by atoms with van der Waals surface area (Å²) in [5, 5.41) is 13.1. The maximum absolute atomic E-state index is 14.1. The molecule has 1 aliphatic carbocycles. The second kappa shape index (κ2) is 14.0. The van der Waals surface area contributed by atoms with Crippen LogP contribution < -0.4 is 10.1 Å². The van der Waals surface area contributed by atoms with Crippen LogP contribution in [0.4, 0.5) is 4.79 Å². The number of carboxylic acids is 1. The largest absolute Gasteiger partial charge is 0.480 e. The highest BCUT2D eigenvalue weighted by molar-refractivity contribution is 5.91. The summed E-state index contributed by atoms with van der Waals surface area (Å²) in [6.45, 7) is 9.22. The Labute approximate surface area is 251 Å². The quantitative estimate of drug-likeness (QED) is 0.279. The molecule has 43 heavy (non-hydrogen) atoms. The van der Waals surface area contributed by atoms with E-state index in [1.807, 2.05) is 30.3 Å². The van der Waals surface area contributed by atoms with Gasteiger partial charge in [0.1, 0.15) is 23.9 Å². The molecule has 3 fully saturated rings. The van der Waals surface area contributed by atoms with E-state index in [9.17, 15) is 19.5 Å². The number of carbonyl (C=O) groups is 3. The normalized spacial score (nSPS) is 22.9. The van der Waals surface area contributed by atoms with Crippen LogP contribution in [0.5, 0.6) is 5.88 Å². The Morgan fingerprint density at radius 2 is 1.81 bits per heavy atom. The molecule has 3 aliphatic rings. The molecule has 230 valence electrons. The third-order valence-corrected chi connectivity index (χ3v) is 8.62. The third-order valence-electron chi connectivity index (χ3n) is 8.62. The number of likely N-dealkylation sites (tertiary alicyclic amines) is 2. The van der Waals surface area contributed by atoms with Gasteiger partial charge in [0.25, 0.3) is 0 Å². The molecule has 0 unspecified atom stereocenters. The molecule has 0 bridgehead atoms. The zero-order chi connectivity index (χ0) is 30.3. The maximum atomic E-state index is 14.1. The van der Waals surface area contributed by atoms with Gasteiger partial charge in [0.15, 0.2) is 0 Å². The zero-order valence-electron chi connectivity index (χ0n) is 24.5. The highest BCUT2D eigenvalue weighted by Gasteiger charge is 2.46. The lowest BCUT2D eigenvalue weighted by atomic mass is 9.96. The lowest BCUT2D eigenvalue weighted by Crippen LogP contribution is -2.56. The fraction of sp³-hybridized carbons (Fsp3) is 0.531. The van der Waals surface area contributed by atoms with Crippen molar-refractivity contribution < 1.29 is 29.0 Å². The van der Waals surface area contributed by atoms with Crippen LogP contribution in [-0.4, -0.2) is 93.3 Å². The second-order valence-electron chi connectivity index (χ2n) is 11.6. The molecule has 1 aromatic heterocycles. The van der Waals surface area contributed by atoms with E-state index in [4.69, 9.17) is 9.47 Å². The van der Waals surface area contributed by atoms with Gasteiger partial charge in [-0.15, -0.1) is 6.58 Å². The number of allylic oxidation sites excluding steroid dienone is 1. The van der Waals surface area contributed by atoms with Crippen LogP contribution in [0.3, 0.4) is 0 Å².